The molecule has 1 heterocycles. The van der Waals surface area contributed by atoms with Crippen molar-refractivity contribution >= 4 is 11.6 Å². The Morgan fingerprint density at radius 2 is 1.41 bits per heavy atom. The van der Waals surface area contributed by atoms with Crippen LogP contribution in [0.25, 0.3) is 28.2 Å². The molecule has 0 amide bonds. The lowest BCUT2D eigenvalue weighted by molar-refractivity contribution is 0.627. The lowest BCUT2D eigenvalue weighted by atomic mass is 10.1. The second-order valence-electron chi connectivity index (χ2n) is 6.64. The second-order valence-corrected chi connectivity index (χ2v) is 7.02. The average molecular weight is 377 g/mol. The fraction of sp³-hybridized carbons (Fsp3) is 0.0870. The molecule has 4 aromatic rings. The van der Waals surface area contributed by atoms with Crippen molar-refractivity contribution in [3.63, 3.8) is 0 Å². The Morgan fingerprint density at radius 3 is 2.04 bits per heavy atom. The van der Waals surface area contributed by atoms with E-state index < -0.39 is 0 Å². The van der Waals surface area contributed by atoms with Crippen LogP contribution in [0.4, 0.5) is 4.39 Å². The summed E-state index contributed by atoms with van der Waals surface area (Å²) >= 11 is 6.83. The van der Waals surface area contributed by atoms with Crippen LogP contribution in [-0.4, -0.2) is 9.78 Å². The minimum absolute atomic E-state index is 0.284. The van der Waals surface area contributed by atoms with E-state index in [9.17, 15) is 4.39 Å². The summed E-state index contributed by atoms with van der Waals surface area (Å²) in [6.07, 6.45) is 0. The van der Waals surface area contributed by atoms with Crippen LogP contribution in [0.2, 0.25) is 5.02 Å². The summed E-state index contributed by atoms with van der Waals surface area (Å²) in [5.74, 6) is -0.284. The molecule has 2 nitrogen and oxygen atoms in total. The summed E-state index contributed by atoms with van der Waals surface area (Å²) < 4.78 is 15.2. The normalized spacial score (nSPS) is 11.0. The zero-order valence-corrected chi connectivity index (χ0v) is 15.8. The highest BCUT2D eigenvalue weighted by molar-refractivity contribution is 6.35. The Labute approximate surface area is 162 Å². The Bertz CT molecular complexity index is 1110. The van der Waals surface area contributed by atoms with Crippen molar-refractivity contribution in [2.75, 3.05) is 0 Å². The van der Waals surface area contributed by atoms with Crippen LogP contribution >= 0.6 is 11.6 Å². The fourth-order valence-corrected chi connectivity index (χ4v) is 3.52. The van der Waals surface area contributed by atoms with Crippen LogP contribution in [0.3, 0.4) is 0 Å². The van der Waals surface area contributed by atoms with Gasteiger partial charge in [-0.2, -0.15) is 5.10 Å². The second kappa shape index (κ2) is 7.01. The van der Waals surface area contributed by atoms with E-state index in [1.165, 1.54) is 12.1 Å². The molecule has 3 aromatic carbocycles. The quantitative estimate of drug-likeness (QED) is 0.393. The number of aryl methyl sites for hydroxylation is 2. The third kappa shape index (κ3) is 3.38. The topological polar surface area (TPSA) is 17.8 Å². The molecule has 134 valence electrons. The highest BCUT2D eigenvalue weighted by Gasteiger charge is 2.20. The van der Waals surface area contributed by atoms with E-state index in [4.69, 9.17) is 16.7 Å². The van der Waals surface area contributed by atoms with Crippen LogP contribution in [0.1, 0.15) is 11.1 Å². The lowest BCUT2D eigenvalue weighted by Crippen LogP contribution is -1.99. The van der Waals surface area contributed by atoms with Crippen molar-refractivity contribution in [3.8, 4) is 28.2 Å². The summed E-state index contributed by atoms with van der Waals surface area (Å²) in [7, 11) is 0. The number of halogens is 2. The third-order valence-corrected chi connectivity index (χ3v) is 4.84. The Hall–Kier alpha value is -2.91. The molecule has 4 heteroatoms. The van der Waals surface area contributed by atoms with Crippen molar-refractivity contribution in [1.82, 2.24) is 9.78 Å². The molecular formula is C23H18ClFN2. The van der Waals surface area contributed by atoms with Gasteiger partial charge >= 0.3 is 0 Å². The average Bonchev–Trinajstić information content (AvgIpc) is 2.99. The van der Waals surface area contributed by atoms with Gasteiger partial charge in [0, 0.05) is 11.1 Å². The van der Waals surface area contributed by atoms with Crippen LogP contribution < -0.4 is 0 Å². The summed E-state index contributed by atoms with van der Waals surface area (Å²) in [4.78, 5) is 0. The van der Waals surface area contributed by atoms with Gasteiger partial charge in [0.2, 0.25) is 0 Å². The molecule has 4 rings (SSSR count). The molecule has 0 radical (unpaired) electrons. The van der Waals surface area contributed by atoms with Gasteiger partial charge in [-0.3, -0.25) is 0 Å². The molecule has 0 saturated heterocycles. The first kappa shape index (κ1) is 17.5. The molecule has 0 spiro atoms. The number of aromatic nitrogens is 2. The van der Waals surface area contributed by atoms with Crippen LogP contribution in [-0.2, 0) is 0 Å². The number of benzene rings is 3. The number of nitrogens with zero attached hydrogens (tertiary/aromatic N) is 2. The van der Waals surface area contributed by atoms with E-state index in [2.05, 4.69) is 12.1 Å². The van der Waals surface area contributed by atoms with Crippen LogP contribution in [0.5, 0.6) is 0 Å². The molecule has 0 unspecified atom stereocenters. The largest absolute Gasteiger partial charge is 0.231 e. The molecule has 0 N–H and O–H groups in total. The van der Waals surface area contributed by atoms with E-state index in [0.29, 0.717) is 10.7 Å². The van der Waals surface area contributed by atoms with E-state index in [1.807, 2.05) is 50.2 Å². The smallest absolute Gasteiger partial charge is 0.123 e. The van der Waals surface area contributed by atoms with Crippen LogP contribution in [0, 0.1) is 19.7 Å². The van der Waals surface area contributed by atoms with Gasteiger partial charge in [0.05, 0.1) is 16.4 Å². The first-order valence-corrected chi connectivity index (χ1v) is 9.09. The zero-order chi connectivity index (χ0) is 19.0. The minimum atomic E-state index is -0.284. The minimum Gasteiger partial charge on any atom is -0.231 e. The highest BCUT2D eigenvalue weighted by Crippen LogP contribution is 2.38. The van der Waals surface area contributed by atoms with Crippen molar-refractivity contribution < 1.29 is 4.39 Å². The maximum absolute atomic E-state index is 13.4. The maximum Gasteiger partial charge on any atom is 0.123 e. The Kier molecular flexibility index (Phi) is 4.54. The van der Waals surface area contributed by atoms with Crippen molar-refractivity contribution in [2.24, 2.45) is 0 Å². The van der Waals surface area contributed by atoms with Crippen molar-refractivity contribution in [2.45, 2.75) is 13.8 Å². The van der Waals surface area contributed by atoms with Crippen molar-refractivity contribution in [3.05, 3.63) is 94.8 Å². The predicted molar refractivity (Wildman–Crippen MR) is 109 cm³/mol. The van der Waals surface area contributed by atoms with E-state index in [0.717, 1.165) is 33.6 Å². The van der Waals surface area contributed by atoms with Gasteiger partial charge in [0.25, 0.3) is 0 Å². The molecule has 0 atom stereocenters. The lowest BCUT2D eigenvalue weighted by Gasteiger charge is -2.09. The van der Waals surface area contributed by atoms with Gasteiger partial charge in [0.1, 0.15) is 11.5 Å². The molecule has 1 aromatic heterocycles. The number of hydrogen-bond acceptors (Lipinski definition) is 1. The first-order valence-electron chi connectivity index (χ1n) is 8.71. The summed E-state index contributed by atoms with van der Waals surface area (Å²) in [5, 5.41) is 5.37. The van der Waals surface area contributed by atoms with Gasteiger partial charge in [-0.1, -0.05) is 59.1 Å². The molecule has 0 aliphatic carbocycles. The summed E-state index contributed by atoms with van der Waals surface area (Å²) in [5.41, 5.74) is 6.45. The monoisotopic (exact) mass is 376 g/mol. The van der Waals surface area contributed by atoms with E-state index >= 15 is 0 Å². The standard InChI is InChI=1S/C23H18ClFN2/c1-15-5-3-7-17(13-15)22-21(24)23(18-8-4-6-16(2)14-18)27(26-22)20-11-9-19(25)10-12-20/h3-14H,1-2H3. The molecule has 0 aliphatic heterocycles. The van der Waals surface area contributed by atoms with Gasteiger partial charge in [-0.25, -0.2) is 9.07 Å². The van der Waals surface area contributed by atoms with Gasteiger partial charge in [0.15, 0.2) is 0 Å². The fourth-order valence-electron chi connectivity index (χ4n) is 3.19. The number of rotatable bonds is 3. The van der Waals surface area contributed by atoms with Crippen LogP contribution in [0.15, 0.2) is 72.8 Å². The van der Waals surface area contributed by atoms with E-state index in [-0.39, 0.29) is 5.82 Å². The summed E-state index contributed by atoms with van der Waals surface area (Å²) in [6.45, 7) is 4.08. The molecule has 0 aliphatic rings. The molecule has 0 fully saturated rings. The molecule has 0 saturated carbocycles. The summed E-state index contributed by atoms with van der Waals surface area (Å²) in [6, 6.07) is 22.5. The Morgan fingerprint density at radius 1 is 0.815 bits per heavy atom. The zero-order valence-electron chi connectivity index (χ0n) is 15.1. The third-order valence-electron chi connectivity index (χ3n) is 4.48. The number of hydrogen-bond donors (Lipinski definition) is 0. The Balaban J connectivity index is 1.99. The van der Waals surface area contributed by atoms with Crippen molar-refractivity contribution in [1.29, 1.82) is 0 Å². The maximum atomic E-state index is 13.4. The van der Waals surface area contributed by atoms with Gasteiger partial charge in [-0.05, 0) is 50.2 Å². The first-order chi connectivity index (χ1) is 13.0. The SMILES string of the molecule is Cc1cccc(-c2nn(-c3ccc(F)cc3)c(-c3cccc(C)c3)c2Cl)c1. The predicted octanol–water partition coefficient (Wildman–Crippen LogP) is 6.62. The molecular weight excluding hydrogens is 359 g/mol. The molecule has 27 heavy (non-hydrogen) atoms. The molecule has 0 bridgehead atoms. The van der Waals surface area contributed by atoms with E-state index in [1.54, 1.807) is 16.8 Å². The van der Waals surface area contributed by atoms with Gasteiger partial charge in [-0.15, -0.1) is 0 Å². The highest BCUT2D eigenvalue weighted by atomic mass is 35.5. The van der Waals surface area contributed by atoms with Gasteiger partial charge < -0.3 is 0 Å².